The maximum absolute atomic E-state index is 4.70. The molecule has 0 saturated carbocycles. The third kappa shape index (κ3) is 3.89. The van der Waals surface area contributed by atoms with Gasteiger partial charge in [0.2, 0.25) is 0 Å². The number of aromatic nitrogens is 2. The minimum Gasteiger partial charge on any atom is -0.320 e. The van der Waals surface area contributed by atoms with Gasteiger partial charge in [0.25, 0.3) is 0 Å². The molecule has 1 heterocycles. The fourth-order valence-electron chi connectivity index (χ4n) is 2.40. The Morgan fingerprint density at radius 3 is 2.33 bits per heavy atom. The van der Waals surface area contributed by atoms with Gasteiger partial charge in [0.1, 0.15) is 0 Å². The van der Waals surface area contributed by atoms with Crippen molar-refractivity contribution in [3.05, 3.63) is 45.2 Å². The van der Waals surface area contributed by atoms with E-state index >= 15 is 0 Å². The van der Waals surface area contributed by atoms with Crippen LogP contribution >= 0.6 is 15.9 Å². The first-order chi connectivity index (χ1) is 10.0. The number of hydrogen-bond acceptors (Lipinski definition) is 3. The first-order valence-corrected chi connectivity index (χ1v) is 8.07. The van der Waals surface area contributed by atoms with Crippen LogP contribution in [0.2, 0.25) is 0 Å². The summed E-state index contributed by atoms with van der Waals surface area (Å²) in [6.07, 6.45) is 2.13. The molecule has 3 nitrogen and oxygen atoms in total. The SMILES string of the molecule is CNCCCc1c(C)nc(-c2ccc(C)c(Br)c2)nc1C. The molecule has 0 saturated heterocycles. The lowest BCUT2D eigenvalue weighted by Crippen LogP contribution is -2.10. The molecule has 2 rings (SSSR count). The summed E-state index contributed by atoms with van der Waals surface area (Å²) in [5, 5.41) is 3.18. The molecule has 0 unspecified atom stereocenters. The lowest BCUT2D eigenvalue weighted by atomic mass is 10.1. The summed E-state index contributed by atoms with van der Waals surface area (Å²) in [6.45, 7) is 7.26. The zero-order valence-corrected chi connectivity index (χ0v) is 14.7. The van der Waals surface area contributed by atoms with Gasteiger partial charge in [-0.3, -0.25) is 0 Å². The smallest absolute Gasteiger partial charge is 0.159 e. The normalized spacial score (nSPS) is 10.9. The van der Waals surface area contributed by atoms with Crippen molar-refractivity contribution in [1.29, 1.82) is 0 Å². The topological polar surface area (TPSA) is 37.8 Å². The predicted molar refractivity (Wildman–Crippen MR) is 91.6 cm³/mol. The molecule has 0 fully saturated rings. The quantitative estimate of drug-likeness (QED) is 0.831. The van der Waals surface area contributed by atoms with Gasteiger partial charge in [0.05, 0.1) is 0 Å². The fourth-order valence-corrected chi connectivity index (χ4v) is 2.78. The van der Waals surface area contributed by atoms with Gasteiger partial charge in [-0.05, 0) is 64.4 Å². The van der Waals surface area contributed by atoms with Crippen molar-refractivity contribution in [3.8, 4) is 11.4 Å². The Morgan fingerprint density at radius 1 is 1.10 bits per heavy atom. The maximum atomic E-state index is 4.70. The van der Waals surface area contributed by atoms with Crippen molar-refractivity contribution >= 4 is 15.9 Å². The van der Waals surface area contributed by atoms with Crippen LogP contribution < -0.4 is 5.32 Å². The molecule has 0 spiro atoms. The van der Waals surface area contributed by atoms with E-state index in [1.807, 2.05) is 7.05 Å². The Morgan fingerprint density at radius 2 is 1.76 bits per heavy atom. The van der Waals surface area contributed by atoms with Gasteiger partial charge in [-0.15, -0.1) is 0 Å². The monoisotopic (exact) mass is 347 g/mol. The first kappa shape index (κ1) is 16.1. The average molecular weight is 348 g/mol. The number of hydrogen-bond donors (Lipinski definition) is 1. The summed E-state index contributed by atoms with van der Waals surface area (Å²) in [7, 11) is 1.98. The third-order valence-electron chi connectivity index (χ3n) is 3.70. The number of nitrogens with zero attached hydrogens (tertiary/aromatic N) is 2. The molecule has 0 atom stereocenters. The molecule has 0 aliphatic rings. The number of rotatable bonds is 5. The molecule has 0 radical (unpaired) electrons. The van der Waals surface area contributed by atoms with Gasteiger partial charge in [0, 0.05) is 21.4 Å². The second kappa shape index (κ2) is 7.14. The van der Waals surface area contributed by atoms with Gasteiger partial charge < -0.3 is 5.32 Å². The fraction of sp³-hybridized carbons (Fsp3) is 0.412. The first-order valence-electron chi connectivity index (χ1n) is 7.28. The molecule has 4 heteroatoms. The maximum Gasteiger partial charge on any atom is 0.159 e. The van der Waals surface area contributed by atoms with Crippen LogP contribution in [0.25, 0.3) is 11.4 Å². The second-order valence-corrected chi connectivity index (χ2v) is 6.22. The molecule has 1 aromatic heterocycles. The van der Waals surface area contributed by atoms with E-state index in [1.54, 1.807) is 0 Å². The lowest BCUT2D eigenvalue weighted by Gasteiger charge is -2.11. The summed E-state index contributed by atoms with van der Waals surface area (Å²) in [5.41, 5.74) is 5.73. The van der Waals surface area contributed by atoms with E-state index in [0.717, 1.165) is 46.6 Å². The number of benzene rings is 1. The van der Waals surface area contributed by atoms with Crippen LogP contribution in [-0.4, -0.2) is 23.6 Å². The Balaban J connectivity index is 2.32. The Bertz CT molecular complexity index is 615. The van der Waals surface area contributed by atoms with Crippen molar-refractivity contribution in [2.24, 2.45) is 0 Å². The molecule has 0 aliphatic heterocycles. The molecule has 1 aromatic carbocycles. The lowest BCUT2D eigenvalue weighted by molar-refractivity contribution is 0.715. The summed E-state index contributed by atoms with van der Waals surface area (Å²) in [4.78, 5) is 9.40. The minimum atomic E-state index is 0.808. The Kier molecular flexibility index (Phi) is 5.48. The Labute approximate surface area is 135 Å². The average Bonchev–Trinajstić information content (AvgIpc) is 2.44. The van der Waals surface area contributed by atoms with Crippen molar-refractivity contribution in [2.75, 3.05) is 13.6 Å². The van der Waals surface area contributed by atoms with Gasteiger partial charge in [-0.1, -0.05) is 28.1 Å². The van der Waals surface area contributed by atoms with Crippen LogP contribution in [0, 0.1) is 20.8 Å². The summed E-state index contributed by atoms with van der Waals surface area (Å²) >= 11 is 3.57. The predicted octanol–water partition coefficient (Wildman–Crippen LogP) is 3.98. The van der Waals surface area contributed by atoms with E-state index in [-0.39, 0.29) is 0 Å². The van der Waals surface area contributed by atoms with Crippen LogP contribution in [0.4, 0.5) is 0 Å². The van der Waals surface area contributed by atoms with E-state index in [0.29, 0.717) is 0 Å². The van der Waals surface area contributed by atoms with Gasteiger partial charge in [-0.2, -0.15) is 0 Å². The molecule has 0 bridgehead atoms. The molecule has 112 valence electrons. The van der Waals surface area contributed by atoms with Crippen LogP contribution in [0.15, 0.2) is 22.7 Å². The van der Waals surface area contributed by atoms with Crippen molar-refractivity contribution < 1.29 is 0 Å². The highest BCUT2D eigenvalue weighted by Crippen LogP contribution is 2.25. The highest BCUT2D eigenvalue weighted by Gasteiger charge is 2.10. The molecular formula is C17H22BrN3. The number of nitrogens with one attached hydrogen (secondary N) is 1. The van der Waals surface area contributed by atoms with Crippen LogP contribution in [0.1, 0.15) is 28.9 Å². The van der Waals surface area contributed by atoms with Crippen LogP contribution in [-0.2, 0) is 6.42 Å². The molecular weight excluding hydrogens is 326 g/mol. The van der Waals surface area contributed by atoms with E-state index in [1.165, 1.54) is 11.1 Å². The number of aryl methyl sites for hydroxylation is 3. The number of halogens is 1. The van der Waals surface area contributed by atoms with Crippen LogP contribution in [0.5, 0.6) is 0 Å². The zero-order valence-electron chi connectivity index (χ0n) is 13.1. The van der Waals surface area contributed by atoms with Crippen LogP contribution in [0.3, 0.4) is 0 Å². The standard InChI is InChI=1S/C17H22BrN3/c1-11-7-8-14(10-16(11)18)17-20-12(2)15(13(3)21-17)6-5-9-19-4/h7-8,10,19H,5-6,9H2,1-4H3. The molecule has 0 amide bonds. The zero-order chi connectivity index (χ0) is 15.4. The minimum absolute atomic E-state index is 0.808. The third-order valence-corrected chi connectivity index (χ3v) is 4.56. The van der Waals surface area contributed by atoms with Gasteiger partial charge >= 0.3 is 0 Å². The molecule has 1 N–H and O–H groups in total. The summed E-state index contributed by atoms with van der Waals surface area (Å²) in [6, 6.07) is 6.26. The van der Waals surface area contributed by atoms with Gasteiger partial charge in [0.15, 0.2) is 5.82 Å². The Hall–Kier alpha value is -1.26. The largest absolute Gasteiger partial charge is 0.320 e. The summed E-state index contributed by atoms with van der Waals surface area (Å²) in [5.74, 6) is 0.808. The van der Waals surface area contributed by atoms with E-state index in [4.69, 9.17) is 9.97 Å². The van der Waals surface area contributed by atoms with Crippen molar-refractivity contribution in [2.45, 2.75) is 33.6 Å². The highest BCUT2D eigenvalue weighted by atomic mass is 79.9. The molecule has 0 aliphatic carbocycles. The van der Waals surface area contributed by atoms with Crippen molar-refractivity contribution in [1.82, 2.24) is 15.3 Å². The second-order valence-electron chi connectivity index (χ2n) is 5.37. The van der Waals surface area contributed by atoms with Crippen molar-refractivity contribution in [3.63, 3.8) is 0 Å². The molecule has 21 heavy (non-hydrogen) atoms. The van der Waals surface area contributed by atoms with E-state index in [9.17, 15) is 0 Å². The van der Waals surface area contributed by atoms with E-state index in [2.05, 4.69) is 60.2 Å². The van der Waals surface area contributed by atoms with Gasteiger partial charge in [-0.25, -0.2) is 9.97 Å². The highest BCUT2D eigenvalue weighted by molar-refractivity contribution is 9.10. The summed E-state index contributed by atoms with van der Waals surface area (Å²) < 4.78 is 1.09. The molecule has 2 aromatic rings. The van der Waals surface area contributed by atoms with E-state index < -0.39 is 0 Å².